The fourth-order valence-electron chi connectivity index (χ4n) is 1.95. The van der Waals surface area contributed by atoms with Gasteiger partial charge in [-0.25, -0.2) is 9.97 Å². The Morgan fingerprint density at radius 1 is 0.842 bits per heavy atom. The molecule has 0 atom stereocenters. The highest BCUT2D eigenvalue weighted by Crippen LogP contribution is 2.33. The highest BCUT2D eigenvalue weighted by molar-refractivity contribution is 6.39. The molecule has 0 aliphatic rings. The molecule has 0 saturated heterocycles. The van der Waals surface area contributed by atoms with Gasteiger partial charge in [0, 0.05) is 16.0 Å². The molecule has 0 fully saturated rings. The molecule has 1 aromatic heterocycles. The van der Waals surface area contributed by atoms with Gasteiger partial charge in [-0.15, -0.1) is 0 Å². The molecular formula is C14H7Cl3N2. The highest BCUT2D eigenvalue weighted by atomic mass is 35.5. The predicted molar refractivity (Wildman–Crippen MR) is 80.0 cm³/mol. The maximum atomic E-state index is 6.16. The molecule has 2 aromatic carbocycles. The zero-order valence-corrected chi connectivity index (χ0v) is 11.8. The lowest BCUT2D eigenvalue weighted by molar-refractivity contribution is 1.22. The third-order valence-electron chi connectivity index (χ3n) is 2.74. The Kier molecular flexibility index (Phi) is 3.31. The summed E-state index contributed by atoms with van der Waals surface area (Å²) in [5.74, 6) is 0. The molecule has 94 valence electrons. The maximum Gasteiger partial charge on any atom is 0.223 e. The third-order valence-corrected chi connectivity index (χ3v) is 3.41. The van der Waals surface area contributed by atoms with Crippen LogP contribution >= 0.6 is 34.8 Å². The lowest BCUT2D eigenvalue weighted by Crippen LogP contribution is -1.92. The monoisotopic (exact) mass is 308 g/mol. The van der Waals surface area contributed by atoms with Gasteiger partial charge in [-0.2, -0.15) is 0 Å². The van der Waals surface area contributed by atoms with Gasteiger partial charge in [-0.3, -0.25) is 0 Å². The van der Waals surface area contributed by atoms with Crippen LogP contribution in [0.25, 0.3) is 22.2 Å². The molecule has 1 heterocycles. The molecule has 3 aromatic rings. The Bertz CT molecular complexity index is 757. The van der Waals surface area contributed by atoms with E-state index in [0.717, 1.165) is 16.6 Å². The molecule has 19 heavy (non-hydrogen) atoms. The largest absolute Gasteiger partial charge is 0.223 e. The highest BCUT2D eigenvalue weighted by Gasteiger charge is 2.12. The van der Waals surface area contributed by atoms with Crippen LogP contribution in [0, 0.1) is 0 Å². The molecule has 0 saturated carbocycles. The van der Waals surface area contributed by atoms with Gasteiger partial charge in [0.25, 0.3) is 0 Å². The Morgan fingerprint density at radius 2 is 1.58 bits per heavy atom. The van der Waals surface area contributed by atoms with Crippen LogP contribution in [0.15, 0.2) is 42.5 Å². The minimum absolute atomic E-state index is 0.163. The number of halogens is 3. The molecule has 0 aliphatic heterocycles. The SMILES string of the molecule is Clc1cc(Cl)c2nc(Cl)nc(-c3ccccc3)c2c1. The van der Waals surface area contributed by atoms with Crippen molar-refractivity contribution in [3.8, 4) is 11.3 Å². The predicted octanol–water partition coefficient (Wildman–Crippen LogP) is 5.26. The van der Waals surface area contributed by atoms with Gasteiger partial charge in [-0.05, 0) is 23.7 Å². The van der Waals surface area contributed by atoms with E-state index in [2.05, 4.69) is 9.97 Å². The quantitative estimate of drug-likeness (QED) is 0.573. The van der Waals surface area contributed by atoms with Crippen molar-refractivity contribution in [3.63, 3.8) is 0 Å². The van der Waals surface area contributed by atoms with Crippen molar-refractivity contribution < 1.29 is 0 Å². The van der Waals surface area contributed by atoms with Crippen LogP contribution in [0.1, 0.15) is 0 Å². The first kappa shape index (κ1) is 12.7. The zero-order chi connectivity index (χ0) is 13.4. The maximum absolute atomic E-state index is 6.16. The molecule has 2 nitrogen and oxygen atoms in total. The first-order chi connectivity index (χ1) is 9.15. The summed E-state index contributed by atoms with van der Waals surface area (Å²) in [6.07, 6.45) is 0. The van der Waals surface area contributed by atoms with E-state index < -0.39 is 0 Å². The van der Waals surface area contributed by atoms with Crippen molar-refractivity contribution in [3.05, 3.63) is 57.8 Å². The molecule has 0 bridgehead atoms. The second-order valence-electron chi connectivity index (χ2n) is 3.99. The summed E-state index contributed by atoms with van der Waals surface area (Å²) in [6.45, 7) is 0. The fraction of sp³-hybridized carbons (Fsp3) is 0. The second kappa shape index (κ2) is 4.97. The lowest BCUT2D eigenvalue weighted by atomic mass is 10.1. The van der Waals surface area contributed by atoms with Gasteiger partial charge < -0.3 is 0 Å². The summed E-state index contributed by atoms with van der Waals surface area (Å²) in [5, 5.41) is 1.95. The van der Waals surface area contributed by atoms with Crippen molar-refractivity contribution in [2.45, 2.75) is 0 Å². The average molecular weight is 310 g/mol. The van der Waals surface area contributed by atoms with E-state index in [1.54, 1.807) is 12.1 Å². The molecule has 3 rings (SSSR count). The van der Waals surface area contributed by atoms with Crippen LogP contribution in [0.2, 0.25) is 15.3 Å². The number of hydrogen-bond acceptors (Lipinski definition) is 2. The Morgan fingerprint density at radius 3 is 2.32 bits per heavy atom. The van der Waals surface area contributed by atoms with Crippen molar-refractivity contribution in [1.29, 1.82) is 0 Å². The first-order valence-electron chi connectivity index (χ1n) is 5.53. The van der Waals surface area contributed by atoms with Gasteiger partial charge in [0.1, 0.15) is 0 Å². The molecular weight excluding hydrogens is 303 g/mol. The summed E-state index contributed by atoms with van der Waals surface area (Å²) in [6, 6.07) is 13.1. The minimum atomic E-state index is 0.163. The molecule has 0 radical (unpaired) electrons. The van der Waals surface area contributed by atoms with Crippen LogP contribution in [-0.2, 0) is 0 Å². The topological polar surface area (TPSA) is 25.8 Å². The smallest absolute Gasteiger partial charge is 0.217 e. The van der Waals surface area contributed by atoms with Crippen LogP contribution in [0.4, 0.5) is 0 Å². The zero-order valence-electron chi connectivity index (χ0n) is 9.57. The fourth-order valence-corrected chi connectivity index (χ4v) is 2.65. The summed E-state index contributed by atoms with van der Waals surface area (Å²) in [5.41, 5.74) is 2.26. The molecule has 0 amide bonds. The van der Waals surface area contributed by atoms with Gasteiger partial charge in [0.05, 0.1) is 16.2 Å². The second-order valence-corrected chi connectivity index (χ2v) is 5.17. The number of benzene rings is 2. The lowest BCUT2D eigenvalue weighted by Gasteiger charge is -2.08. The van der Waals surface area contributed by atoms with Gasteiger partial charge >= 0.3 is 0 Å². The first-order valence-corrected chi connectivity index (χ1v) is 6.66. The van der Waals surface area contributed by atoms with Crippen LogP contribution in [0.3, 0.4) is 0 Å². The third kappa shape index (κ3) is 2.39. The summed E-state index contributed by atoms with van der Waals surface area (Å²) in [7, 11) is 0. The average Bonchev–Trinajstić information content (AvgIpc) is 2.40. The summed E-state index contributed by atoms with van der Waals surface area (Å²) < 4.78 is 0. The number of fused-ring (bicyclic) bond motifs is 1. The van der Waals surface area contributed by atoms with E-state index in [1.165, 1.54) is 0 Å². The van der Waals surface area contributed by atoms with Crippen molar-refractivity contribution in [2.75, 3.05) is 0 Å². The minimum Gasteiger partial charge on any atom is -0.217 e. The Balaban J connectivity index is 2.42. The van der Waals surface area contributed by atoms with Crippen LogP contribution < -0.4 is 0 Å². The van der Waals surface area contributed by atoms with E-state index in [1.807, 2.05) is 30.3 Å². The Labute approximate surface area is 125 Å². The van der Waals surface area contributed by atoms with E-state index in [-0.39, 0.29) is 5.28 Å². The van der Waals surface area contributed by atoms with Gasteiger partial charge in [0.15, 0.2) is 0 Å². The Hall–Kier alpha value is -1.35. The van der Waals surface area contributed by atoms with Crippen molar-refractivity contribution >= 4 is 45.7 Å². The number of hydrogen-bond donors (Lipinski definition) is 0. The van der Waals surface area contributed by atoms with E-state index >= 15 is 0 Å². The van der Waals surface area contributed by atoms with Gasteiger partial charge in [-0.1, -0.05) is 53.5 Å². The van der Waals surface area contributed by atoms with E-state index in [4.69, 9.17) is 34.8 Å². The van der Waals surface area contributed by atoms with Crippen LogP contribution in [-0.4, -0.2) is 9.97 Å². The van der Waals surface area contributed by atoms with Crippen molar-refractivity contribution in [2.24, 2.45) is 0 Å². The van der Waals surface area contributed by atoms with Crippen molar-refractivity contribution in [1.82, 2.24) is 9.97 Å². The molecule has 5 heteroatoms. The summed E-state index contributed by atoms with van der Waals surface area (Å²) >= 11 is 18.2. The molecule has 0 aliphatic carbocycles. The molecule has 0 spiro atoms. The number of nitrogens with zero attached hydrogens (tertiary/aromatic N) is 2. The van der Waals surface area contributed by atoms with Gasteiger partial charge in [0.2, 0.25) is 5.28 Å². The number of aromatic nitrogens is 2. The van der Waals surface area contributed by atoms with Crippen LogP contribution in [0.5, 0.6) is 0 Å². The normalized spacial score (nSPS) is 10.9. The summed E-state index contributed by atoms with van der Waals surface area (Å²) in [4.78, 5) is 8.46. The van der Waals surface area contributed by atoms with E-state index in [9.17, 15) is 0 Å². The number of rotatable bonds is 1. The standard InChI is InChI=1S/C14H7Cl3N2/c15-9-6-10-12(8-4-2-1-3-5-8)18-14(17)19-13(10)11(16)7-9/h1-7H. The molecule has 0 unspecified atom stereocenters. The van der Waals surface area contributed by atoms with E-state index in [0.29, 0.717) is 15.6 Å². The molecule has 0 N–H and O–H groups in total.